The second-order valence-corrected chi connectivity index (χ2v) is 4.44. The molecule has 0 spiro atoms. The van der Waals surface area contributed by atoms with Crippen LogP contribution in [-0.2, 0) is 4.74 Å². The Kier molecular flexibility index (Phi) is 4.70. The summed E-state index contributed by atoms with van der Waals surface area (Å²) in [6.07, 6.45) is 3.91. The SMILES string of the molecule is COc1ccc(NCC2CCCCO2)cc1OC. The van der Waals surface area contributed by atoms with Crippen molar-refractivity contribution in [1.29, 1.82) is 0 Å². The van der Waals surface area contributed by atoms with Crippen LogP contribution in [0.25, 0.3) is 0 Å². The minimum absolute atomic E-state index is 0.326. The summed E-state index contributed by atoms with van der Waals surface area (Å²) in [5.41, 5.74) is 1.03. The Balaban J connectivity index is 1.92. The summed E-state index contributed by atoms with van der Waals surface area (Å²) in [7, 11) is 3.28. The summed E-state index contributed by atoms with van der Waals surface area (Å²) < 4.78 is 16.2. The van der Waals surface area contributed by atoms with Crippen molar-refractivity contribution < 1.29 is 14.2 Å². The number of benzene rings is 1. The summed E-state index contributed by atoms with van der Waals surface area (Å²) in [4.78, 5) is 0. The molecule has 1 aliphatic heterocycles. The van der Waals surface area contributed by atoms with Gasteiger partial charge >= 0.3 is 0 Å². The maximum absolute atomic E-state index is 5.68. The molecule has 1 aliphatic rings. The van der Waals surface area contributed by atoms with Crippen LogP contribution >= 0.6 is 0 Å². The zero-order valence-electron chi connectivity index (χ0n) is 11.1. The predicted molar refractivity (Wildman–Crippen MR) is 71.6 cm³/mol. The first kappa shape index (κ1) is 13.0. The molecule has 4 heteroatoms. The Morgan fingerprint density at radius 2 is 2.06 bits per heavy atom. The maximum atomic E-state index is 5.68. The molecule has 2 rings (SSSR count). The molecule has 0 aromatic heterocycles. The molecule has 18 heavy (non-hydrogen) atoms. The molecule has 1 atom stereocenters. The summed E-state index contributed by atoms with van der Waals surface area (Å²) in [6.45, 7) is 1.73. The van der Waals surface area contributed by atoms with Gasteiger partial charge in [0, 0.05) is 24.9 Å². The van der Waals surface area contributed by atoms with Gasteiger partial charge in [-0.15, -0.1) is 0 Å². The van der Waals surface area contributed by atoms with Crippen molar-refractivity contribution in [3.8, 4) is 11.5 Å². The van der Waals surface area contributed by atoms with Gasteiger partial charge in [-0.1, -0.05) is 0 Å². The molecule has 1 saturated heterocycles. The van der Waals surface area contributed by atoms with E-state index in [1.807, 2.05) is 18.2 Å². The average molecular weight is 251 g/mol. The van der Waals surface area contributed by atoms with Crippen LogP contribution in [0.4, 0.5) is 5.69 Å². The Hall–Kier alpha value is -1.42. The molecule has 4 nitrogen and oxygen atoms in total. The van der Waals surface area contributed by atoms with Crippen LogP contribution in [-0.4, -0.2) is 33.5 Å². The van der Waals surface area contributed by atoms with Crippen molar-refractivity contribution in [2.24, 2.45) is 0 Å². The van der Waals surface area contributed by atoms with Crippen LogP contribution in [0, 0.1) is 0 Å². The first-order valence-electron chi connectivity index (χ1n) is 6.41. The van der Waals surface area contributed by atoms with E-state index < -0.39 is 0 Å². The Morgan fingerprint density at radius 1 is 1.22 bits per heavy atom. The molecule has 0 aliphatic carbocycles. The lowest BCUT2D eigenvalue weighted by Gasteiger charge is -2.23. The van der Waals surface area contributed by atoms with E-state index in [4.69, 9.17) is 14.2 Å². The number of methoxy groups -OCH3 is 2. The Bertz CT molecular complexity index is 375. The highest BCUT2D eigenvalue weighted by Gasteiger charge is 2.13. The second kappa shape index (κ2) is 6.50. The van der Waals surface area contributed by atoms with Crippen molar-refractivity contribution in [3.63, 3.8) is 0 Å². The van der Waals surface area contributed by atoms with E-state index in [0.717, 1.165) is 36.8 Å². The lowest BCUT2D eigenvalue weighted by Crippen LogP contribution is -2.26. The van der Waals surface area contributed by atoms with E-state index in [-0.39, 0.29) is 0 Å². The molecule has 0 radical (unpaired) electrons. The highest BCUT2D eigenvalue weighted by atomic mass is 16.5. The van der Waals surface area contributed by atoms with Crippen LogP contribution in [0.5, 0.6) is 11.5 Å². The Morgan fingerprint density at radius 3 is 2.72 bits per heavy atom. The van der Waals surface area contributed by atoms with E-state index >= 15 is 0 Å². The third-order valence-electron chi connectivity index (χ3n) is 3.19. The lowest BCUT2D eigenvalue weighted by molar-refractivity contribution is 0.0247. The number of anilines is 1. The molecule has 1 fully saturated rings. The van der Waals surface area contributed by atoms with Crippen LogP contribution in [0.15, 0.2) is 18.2 Å². The molecule has 0 bridgehead atoms. The number of hydrogen-bond acceptors (Lipinski definition) is 4. The van der Waals surface area contributed by atoms with Gasteiger partial charge in [0.15, 0.2) is 11.5 Å². The monoisotopic (exact) mass is 251 g/mol. The minimum atomic E-state index is 0.326. The number of nitrogens with one attached hydrogen (secondary N) is 1. The zero-order chi connectivity index (χ0) is 12.8. The molecule has 1 heterocycles. The minimum Gasteiger partial charge on any atom is -0.493 e. The van der Waals surface area contributed by atoms with E-state index in [9.17, 15) is 0 Å². The fourth-order valence-corrected chi connectivity index (χ4v) is 2.15. The third kappa shape index (κ3) is 3.29. The van der Waals surface area contributed by atoms with E-state index in [2.05, 4.69) is 5.32 Å². The van der Waals surface area contributed by atoms with E-state index in [1.54, 1.807) is 14.2 Å². The van der Waals surface area contributed by atoms with Crippen LogP contribution in [0.3, 0.4) is 0 Å². The topological polar surface area (TPSA) is 39.7 Å². The highest BCUT2D eigenvalue weighted by molar-refractivity contribution is 5.54. The van der Waals surface area contributed by atoms with Gasteiger partial charge in [-0.2, -0.15) is 0 Å². The van der Waals surface area contributed by atoms with Gasteiger partial charge in [0.05, 0.1) is 20.3 Å². The predicted octanol–water partition coefficient (Wildman–Crippen LogP) is 2.68. The van der Waals surface area contributed by atoms with Gasteiger partial charge in [0.1, 0.15) is 0 Å². The van der Waals surface area contributed by atoms with Crippen molar-refractivity contribution in [3.05, 3.63) is 18.2 Å². The van der Waals surface area contributed by atoms with E-state index in [0.29, 0.717) is 6.10 Å². The summed E-state index contributed by atoms with van der Waals surface area (Å²) in [5.74, 6) is 1.49. The molecule has 100 valence electrons. The largest absolute Gasteiger partial charge is 0.493 e. The second-order valence-electron chi connectivity index (χ2n) is 4.44. The fraction of sp³-hybridized carbons (Fsp3) is 0.571. The molecule has 1 aromatic rings. The van der Waals surface area contributed by atoms with Crippen molar-refractivity contribution >= 4 is 5.69 Å². The molecule has 0 amide bonds. The average Bonchev–Trinajstić information content (AvgIpc) is 2.45. The van der Waals surface area contributed by atoms with Crippen molar-refractivity contribution in [2.45, 2.75) is 25.4 Å². The lowest BCUT2D eigenvalue weighted by atomic mass is 10.1. The molecular formula is C14H21NO3. The van der Waals surface area contributed by atoms with Crippen LogP contribution in [0.1, 0.15) is 19.3 Å². The van der Waals surface area contributed by atoms with Crippen LogP contribution < -0.4 is 14.8 Å². The normalized spacial score (nSPS) is 19.3. The summed E-state index contributed by atoms with van der Waals surface area (Å²) in [5, 5.41) is 3.38. The smallest absolute Gasteiger partial charge is 0.162 e. The first-order chi connectivity index (χ1) is 8.83. The molecule has 1 unspecified atom stereocenters. The fourth-order valence-electron chi connectivity index (χ4n) is 2.15. The van der Waals surface area contributed by atoms with Gasteiger partial charge in [0.25, 0.3) is 0 Å². The third-order valence-corrected chi connectivity index (χ3v) is 3.19. The first-order valence-corrected chi connectivity index (χ1v) is 6.41. The molecule has 1 aromatic carbocycles. The van der Waals surface area contributed by atoms with Gasteiger partial charge in [-0.05, 0) is 31.4 Å². The standard InChI is InChI=1S/C14H21NO3/c1-16-13-7-6-11(9-14(13)17-2)15-10-12-5-3-4-8-18-12/h6-7,9,12,15H,3-5,8,10H2,1-2H3. The highest BCUT2D eigenvalue weighted by Crippen LogP contribution is 2.29. The number of rotatable bonds is 5. The van der Waals surface area contributed by atoms with Crippen molar-refractivity contribution in [2.75, 3.05) is 32.7 Å². The Labute approximate surface area is 108 Å². The number of hydrogen-bond donors (Lipinski definition) is 1. The van der Waals surface area contributed by atoms with Crippen LogP contribution in [0.2, 0.25) is 0 Å². The van der Waals surface area contributed by atoms with E-state index in [1.165, 1.54) is 12.8 Å². The molecule has 0 saturated carbocycles. The zero-order valence-corrected chi connectivity index (χ0v) is 11.1. The maximum Gasteiger partial charge on any atom is 0.162 e. The summed E-state index contributed by atoms with van der Waals surface area (Å²) >= 11 is 0. The quantitative estimate of drug-likeness (QED) is 0.873. The van der Waals surface area contributed by atoms with Crippen molar-refractivity contribution in [1.82, 2.24) is 0 Å². The van der Waals surface area contributed by atoms with Gasteiger partial charge < -0.3 is 19.5 Å². The number of ether oxygens (including phenoxy) is 3. The molecule has 1 N–H and O–H groups in total. The summed E-state index contributed by atoms with van der Waals surface area (Å²) in [6, 6.07) is 5.84. The van der Waals surface area contributed by atoms with Gasteiger partial charge in [0.2, 0.25) is 0 Å². The van der Waals surface area contributed by atoms with Gasteiger partial charge in [-0.3, -0.25) is 0 Å². The van der Waals surface area contributed by atoms with Gasteiger partial charge in [-0.25, -0.2) is 0 Å². The molecular weight excluding hydrogens is 230 g/mol.